The summed E-state index contributed by atoms with van der Waals surface area (Å²) in [6.45, 7) is 2.67. The van der Waals surface area contributed by atoms with Crippen molar-refractivity contribution in [3.05, 3.63) is 89.7 Å². The summed E-state index contributed by atoms with van der Waals surface area (Å²) < 4.78 is 7.70. The molecule has 4 aromatic rings. The van der Waals surface area contributed by atoms with Crippen LogP contribution >= 0.6 is 0 Å². The Morgan fingerprint density at radius 3 is 2.61 bits per heavy atom. The third-order valence-corrected chi connectivity index (χ3v) is 7.67. The molecule has 168 valence electrons. The van der Waals surface area contributed by atoms with E-state index >= 15 is 0 Å². The van der Waals surface area contributed by atoms with Crippen LogP contribution in [0.4, 0.5) is 0 Å². The highest BCUT2D eigenvalue weighted by molar-refractivity contribution is 5.96. The summed E-state index contributed by atoms with van der Waals surface area (Å²) in [5.74, 6) is 1.77. The van der Waals surface area contributed by atoms with Gasteiger partial charge in [0.2, 0.25) is 0 Å². The van der Waals surface area contributed by atoms with Crippen LogP contribution in [0.3, 0.4) is 0 Å². The number of piperidine rings is 1. The maximum absolute atomic E-state index is 13.8. The molecule has 2 aromatic carbocycles. The molecule has 2 aliphatic rings. The van der Waals surface area contributed by atoms with Gasteiger partial charge in [0, 0.05) is 42.0 Å². The normalized spacial score (nSPS) is 22.2. The van der Waals surface area contributed by atoms with E-state index in [2.05, 4.69) is 38.7 Å². The summed E-state index contributed by atoms with van der Waals surface area (Å²) in [7, 11) is 0. The predicted molar refractivity (Wildman–Crippen MR) is 128 cm³/mol. The molecule has 4 heterocycles. The predicted octanol–water partition coefficient (Wildman–Crippen LogP) is 5.61. The number of benzene rings is 2. The fourth-order valence-electron chi connectivity index (χ4n) is 6.09. The highest BCUT2D eigenvalue weighted by Gasteiger charge is 2.43. The zero-order valence-electron chi connectivity index (χ0n) is 19.0. The first-order valence-electron chi connectivity index (χ1n) is 12.0. The molecule has 0 radical (unpaired) electrons. The van der Waals surface area contributed by atoms with Crippen molar-refractivity contribution in [2.45, 2.75) is 57.7 Å². The van der Waals surface area contributed by atoms with Gasteiger partial charge in [-0.2, -0.15) is 0 Å². The number of fused-ring (bicyclic) bond motifs is 3. The molecular weight excluding hydrogens is 410 g/mol. The number of hydrogen-bond acceptors (Lipinski definition) is 3. The van der Waals surface area contributed by atoms with Crippen molar-refractivity contribution in [2.24, 2.45) is 5.92 Å². The molecule has 0 N–H and O–H groups in total. The van der Waals surface area contributed by atoms with Crippen molar-refractivity contribution < 1.29 is 9.21 Å². The quantitative estimate of drug-likeness (QED) is 0.406. The minimum absolute atomic E-state index is 0.200. The van der Waals surface area contributed by atoms with E-state index in [-0.39, 0.29) is 5.91 Å². The standard InChI is InChI=1S/C28H29N3O2/c1-19-29-12-13-30(19)18-22-5-2-3-7-26(22)28(32)31-23-9-10-24(31)17-20(16-23)15-21-6-4-8-27-25(21)11-14-33-27/h2-8,11-14,20,23-24H,9-10,15-18H2,1H3. The van der Waals surface area contributed by atoms with Crippen molar-refractivity contribution in [3.63, 3.8) is 0 Å². The molecule has 2 unspecified atom stereocenters. The maximum atomic E-state index is 13.8. The number of carbonyl (C=O) groups is 1. The van der Waals surface area contributed by atoms with Crippen molar-refractivity contribution in [1.29, 1.82) is 0 Å². The molecule has 2 aromatic heterocycles. The van der Waals surface area contributed by atoms with E-state index in [0.717, 1.165) is 54.6 Å². The van der Waals surface area contributed by atoms with Crippen LogP contribution in [0.5, 0.6) is 0 Å². The van der Waals surface area contributed by atoms with E-state index in [4.69, 9.17) is 4.42 Å². The Kier molecular flexibility index (Phi) is 5.05. The Hall–Kier alpha value is -3.34. The molecule has 1 amide bonds. The topological polar surface area (TPSA) is 51.3 Å². The summed E-state index contributed by atoms with van der Waals surface area (Å²) in [6.07, 6.45) is 11.0. The van der Waals surface area contributed by atoms with Gasteiger partial charge in [-0.05, 0) is 74.3 Å². The number of nitrogens with zero attached hydrogens (tertiary/aromatic N) is 3. The van der Waals surface area contributed by atoms with Gasteiger partial charge in [-0.25, -0.2) is 4.98 Å². The minimum atomic E-state index is 0.200. The molecule has 2 atom stereocenters. The van der Waals surface area contributed by atoms with Crippen molar-refractivity contribution in [2.75, 3.05) is 0 Å². The maximum Gasteiger partial charge on any atom is 0.254 e. The van der Waals surface area contributed by atoms with E-state index in [0.29, 0.717) is 24.5 Å². The highest BCUT2D eigenvalue weighted by atomic mass is 16.3. The number of hydrogen-bond donors (Lipinski definition) is 0. The number of aryl methyl sites for hydroxylation is 1. The lowest BCUT2D eigenvalue weighted by Crippen LogP contribution is -2.47. The molecule has 5 nitrogen and oxygen atoms in total. The smallest absolute Gasteiger partial charge is 0.254 e. The lowest BCUT2D eigenvalue weighted by Gasteiger charge is -2.39. The van der Waals surface area contributed by atoms with Gasteiger partial charge in [-0.3, -0.25) is 4.79 Å². The second kappa shape index (κ2) is 8.22. The Labute approximate surface area is 194 Å². The summed E-state index contributed by atoms with van der Waals surface area (Å²) >= 11 is 0. The summed E-state index contributed by atoms with van der Waals surface area (Å²) in [5, 5.41) is 1.23. The largest absolute Gasteiger partial charge is 0.464 e. The van der Waals surface area contributed by atoms with E-state index in [1.165, 1.54) is 10.9 Å². The number of imidazole rings is 1. The van der Waals surface area contributed by atoms with Gasteiger partial charge >= 0.3 is 0 Å². The van der Waals surface area contributed by atoms with Gasteiger partial charge in [0.15, 0.2) is 0 Å². The summed E-state index contributed by atoms with van der Waals surface area (Å²) in [5.41, 5.74) is 4.24. The molecule has 0 spiro atoms. The van der Waals surface area contributed by atoms with E-state index in [1.54, 1.807) is 6.26 Å². The second-order valence-electron chi connectivity index (χ2n) is 9.65. The van der Waals surface area contributed by atoms with Crippen LogP contribution in [0.1, 0.15) is 53.0 Å². The Morgan fingerprint density at radius 2 is 1.82 bits per heavy atom. The fraction of sp³-hybridized carbons (Fsp3) is 0.357. The molecule has 6 rings (SSSR count). The van der Waals surface area contributed by atoms with Crippen molar-refractivity contribution in [1.82, 2.24) is 14.5 Å². The van der Waals surface area contributed by atoms with Crippen molar-refractivity contribution >= 4 is 16.9 Å². The zero-order valence-corrected chi connectivity index (χ0v) is 19.0. The fourth-order valence-corrected chi connectivity index (χ4v) is 6.09. The van der Waals surface area contributed by atoms with Gasteiger partial charge in [0.1, 0.15) is 11.4 Å². The number of furan rings is 1. The zero-order chi connectivity index (χ0) is 22.4. The van der Waals surface area contributed by atoms with E-state index in [9.17, 15) is 4.79 Å². The Morgan fingerprint density at radius 1 is 1.03 bits per heavy atom. The van der Waals surface area contributed by atoms with Gasteiger partial charge in [0.05, 0.1) is 6.26 Å². The third-order valence-electron chi connectivity index (χ3n) is 7.67. The number of amides is 1. The molecule has 5 heteroatoms. The first-order chi connectivity index (χ1) is 16.2. The van der Waals surface area contributed by atoms with Gasteiger partial charge in [-0.1, -0.05) is 30.3 Å². The first kappa shape index (κ1) is 20.3. The number of carbonyl (C=O) groups excluding carboxylic acids is 1. The minimum Gasteiger partial charge on any atom is -0.464 e. The van der Waals surface area contributed by atoms with Crippen LogP contribution in [0.25, 0.3) is 11.0 Å². The average molecular weight is 440 g/mol. The van der Waals surface area contributed by atoms with Crippen molar-refractivity contribution in [3.8, 4) is 0 Å². The summed E-state index contributed by atoms with van der Waals surface area (Å²) in [6, 6.07) is 17.2. The molecule has 2 aliphatic heterocycles. The molecule has 0 aliphatic carbocycles. The van der Waals surface area contributed by atoms with E-state index < -0.39 is 0 Å². The van der Waals surface area contributed by atoms with Gasteiger partial charge < -0.3 is 13.9 Å². The lowest BCUT2D eigenvalue weighted by atomic mass is 9.84. The lowest BCUT2D eigenvalue weighted by molar-refractivity contribution is 0.0523. The third kappa shape index (κ3) is 3.65. The highest BCUT2D eigenvalue weighted by Crippen LogP contribution is 2.41. The molecule has 2 fully saturated rings. The molecule has 2 bridgehead atoms. The van der Waals surface area contributed by atoms with Gasteiger partial charge in [-0.15, -0.1) is 0 Å². The molecule has 0 saturated carbocycles. The van der Waals surface area contributed by atoms with Gasteiger partial charge in [0.25, 0.3) is 5.91 Å². The monoisotopic (exact) mass is 439 g/mol. The second-order valence-corrected chi connectivity index (χ2v) is 9.65. The van der Waals surface area contributed by atoms with Crippen LogP contribution < -0.4 is 0 Å². The first-order valence-corrected chi connectivity index (χ1v) is 12.0. The SMILES string of the molecule is Cc1nccn1Cc1ccccc1C(=O)N1C2CCC1CC(Cc1cccc3occc13)C2. The summed E-state index contributed by atoms with van der Waals surface area (Å²) in [4.78, 5) is 20.3. The molecular formula is C28H29N3O2. The number of rotatable bonds is 5. The Bertz CT molecular complexity index is 1290. The van der Waals surface area contributed by atoms with Crippen LogP contribution in [0, 0.1) is 12.8 Å². The van der Waals surface area contributed by atoms with Crippen LogP contribution in [-0.4, -0.2) is 32.4 Å². The van der Waals surface area contributed by atoms with Crippen LogP contribution in [0.15, 0.2) is 71.6 Å². The molecule has 33 heavy (non-hydrogen) atoms. The van der Waals surface area contributed by atoms with Crippen LogP contribution in [0.2, 0.25) is 0 Å². The van der Waals surface area contributed by atoms with E-state index in [1.807, 2.05) is 43.6 Å². The number of aromatic nitrogens is 2. The average Bonchev–Trinajstić information content (AvgIpc) is 3.53. The molecule has 2 saturated heterocycles. The Balaban J connectivity index is 1.21. The van der Waals surface area contributed by atoms with Crippen LogP contribution in [-0.2, 0) is 13.0 Å².